The number of carbonyl (C=O) groups excluding carboxylic acids is 2. The summed E-state index contributed by atoms with van der Waals surface area (Å²) in [5.74, 6) is -1.57. The van der Waals surface area contributed by atoms with E-state index in [1.165, 1.54) is 0 Å². The van der Waals surface area contributed by atoms with Gasteiger partial charge in [0, 0.05) is 21.4 Å². The zero-order valence-electron chi connectivity index (χ0n) is 11.1. The Balaban J connectivity index is 2.02. The zero-order chi connectivity index (χ0) is 15.4. The fourth-order valence-electron chi connectivity index (χ4n) is 1.61. The van der Waals surface area contributed by atoms with Gasteiger partial charge in [-0.15, -0.1) is 0 Å². The van der Waals surface area contributed by atoms with Crippen LogP contribution in [0.5, 0.6) is 0 Å². The zero-order valence-corrected chi connectivity index (χ0v) is 12.6. The third-order valence-corrected chi connectivity index (χ3v) is 3.36. The van der Waals surface area contributed by atoms with Crippen molar-refractivity contribution in [3.63, 3.8) is 0 Å². The summed E-state index contributed by atoms with van der Waals surface area (Å²) in [6, 6.07) is 11.6. The van der Waals surface area contributed by atoms with E-state index in [9.17, 15) is 9.59 Å². The molecular formula is C15H12Cl2N2O2. The van der Waals surface area contributed by atoms with E-state index in [0.717, 1.165) is 5.56 Å². The van der Waals surface area contributed by atoms with E-state index in [4.69, 9.17) is 23.2 Å². The van der Waals surface area contributed by atoms with Crippen molar-refractivity contribution in [2.75, 3.05) is 10.6 Å². The molecule has 0 atom stereocenters. The largest absolute Gasteiger partial charge is 0.318 e. The van der Waals surface area contributed by atoms with E-state index in [0.29, 0.717) is 21.4 Å². The lowest BCUT2D eigenvalue weighted by Crippen LogP contribution is -2.29. The number of anilines is 2. The van der Waals surface area contributed by atoms with Gasteiger partial charge in [-0.3, -0.25) is 9.59 Å². The minimum absolute atomic E-state index is 0.449. The third-order valence-electron chi connectivity index (χ3n) is 2.72. The lowest BCUT2D eigenvalue weighted by molar-refractivity contribution is -0.132. The molecule has 6 heteroatoms. The minimum Gasteiger partial charge on any atom is -0.318 e. The molecule has 0 radical (unpaired) electrons. The number of nitrogens with one attached hydrogen (secondary N) is 2. The molecule has 0 heterocycles. The van der Waals surface area contributed by atoms with Crippen LogP contribution in [-0.4, -0.2) is 11.8 Å². The topological polar surface area (TPSA) is 58.2 Å². The Morgan fingerprint density at radius 3 is 2.10 bits per heavy atom. The van der Waals surface area contributed by atoms with Crippen molar-refractivity contribution >= 4 is 46.4 Å². The van der Waals surface area contributed by atoms with Gasteiger partial charge < -0.3 is 10.6 Å². The quantitative estimate of drug-likeness (QED) is 0.824. The molecule has 108 valence electrons. The summed E-state index contributed by atoms with van der Waals surface area (Å²) in [4.78, 5) is 23.6. The van der Waals surface area contributed by atoms with Crippen molar-refractivity contribution < 1.29 is 9.59 Å². The highest BCUT2D eigenvalue weighted by molar-refractivity contribution is 6.44. The summed E-state index contributed by atoms with van der Waals surface area (Å²) in [5.41, 5.74) is 1.79. The second kappa shape index (κ2) is 6.61. The maximum Gasteiger partial charge on any atom is 0.314 e. The van der Waals surface area contributed by atoms with Crippen LogP contribution in [0.4, 0.5) is 11.4 Å². The molecule has 0 saturated heterocycles. The molecule has 2 aromatic rings. The van der Waals surface area contributed by atoms with Crippen molar-refractivity contribution in [2.24, 2.45) is 0 Å². The van der Waals surface area contributed by atoms with Gasteiger partial charge in [-0.05, 0) is 42.8 Å². The molecule has 0 spiro atoms. The number of carbonyl (C=O) groups is 2. The van der Waals surface area contributed by atoms with Gasteiger partial charge in [0.25, 0.3) is 0 Å². The van der Waals surface area contributed by atoms with Gasteiger partial charge in [-0.1, -0.05) is 35.3 Å². The lowest BCUT2D eigenvalue weighted by Gasteiger charge is -2.08. The first-order valence-electron chi connectivity index (χ1n) is 6.10. The number of amides is 2. The Hall–Kier alpha value is -2.04. The molecule has 2 aromatic carbocycles. The second-order valence-corrected chi connectivity index (χ2v) is 5.23. The molecule has 0 unspecified atom stereocenters. The van der Waals surface area contributed by atoms with Gasteiger partial charge in [0.1, 0.15) is 0 Å². The van der Waals surface area contributed by atoms with E-state index in [-0.39, 0.29) is 0 Å². The highest BCUT2D eigenvalue weighted by Crippen LogP contribution is 2.20. The van der Waals surface area contributed by atoms with Crippen LogP contribution in [0.25, 0.3) is 0 Å². The fraction of sp³-hybridized carbons (Fsp3) is 0.0667. The van der Waals surface area contributed by atoms with Crippen LogP contribution in [0.3, 0.4) is 0 Å². The van der Waals surface area contributed by atoms with Crippen LogP contribution >= 0.6 is 23.2 Å². The summed E-state index contributed by atoms with van der Waals surface area (Å²) in [6.45, 7) is 1.85. The van der Waals surface area contributed by atoms with Crippen molar-refractivity contribution in [1.29, 1.82) is 0 Å². The normalized spacial score (nSPS) is 10.0. The van der Waals surface area contributed by atoms with Gasteiger partial charge in [0.05, 0.1) is 0 Å². The number of hydrogen-bond donors (Lipinski definition) is 2. The molecule has 0 aliphatic rings. The highest BCUT2D eigenvalue weighted by atomic mass is 35.5. The van der Waals surface area contributed by atoms with Gasteiger partial charge in [0.15, 0.2) is 0 Å². The molecule has 2 rings (SSSR count). The smallest absolute Gasteiger partial charge is 0.314 e. The summed E-state index contributed by atoms with van der Waals surface area (Å²) in [7, 11) is 0. The number of hydrogen-bond acceptors (Lipinski definition) is 2. The van der Waals surface area contributed by atoms with Crippen LogP contribution in [-0.2, 0) is 9.59 Å². The Kier molecular flexibility index (Phi) is 4.83. The molecule has 0 aliphatic heterocycles. The molecule has 21 heavy (non-hydrogen) atoms. The van der Waals surface area contributed by atoms with Crippen LogP contribution < -0.4 is 10.6 Å². The molecule has 0 bridgehead atoms. The number of rotatable bonds is 2. The predicted molar refractivity (Wildman–Crippen MR) is 84.9 cm³/mol. The molecular weight excluding hydrogens is 311 g/mol. The molecule has 4 nitrogen and oxygen atoms in total. The molecule has 2 amide bonds. The summed E-state index contributed by atoms with van der Waals surface area (Å²) in [5, 5.41) is 5.92. The molecule has 2 N–H and O–H groups in total. The van der Waals surface area contributed by atoms with E-state index in [2.05, 4.69) is 10.6 Å². The summed E-state index contributed by atoms with van der Waals surface area (Å²) >= 11 is 11.8. The molecule has 0 fully saturated rings. The van der Waals surface area contributed by atoms with E-state index >= 15 is 0 Å². The lowest BCUT2D eigenvalue weighted by atomic mass is 10.2. The Morgan fingerprint density at radius 1 is 0.905 bits per heavy atom. The van der Waals surface area contributed by atoms with Crippen LogP contribution in [0.1, 0.15) is 5.56 Å². The number of aryl methyl sites for hydroxylation is 1. The average molecular weight is 323 g/mol. The summed E-state index contributed by atoms with van der Waals surface area (Å²) in [6.07, 6.45) is 0. The van der Waals surface area contributed by atoms with E-state index in [1.54, 1.807) is 42.5 Å². The Labute approximate surface area is 132 Å². The van der Waals surface area contributed by atoms with Gasteiger partial charge in [-0.25, -0.2) is 0 Å². The standard InChI is InChI=1S/C15H12Cl2N2O2/c1-9-5-6-12(8-13(9)17)19-15(21)14(20)18-11-4-2-3-10(16)7-11/h2-8H,1H3,(H,18,20)(H,19,21). The first-order valence-corrected chi connectivity index (χ1v) is 6.85. The second-order valence-electron chi connectivity index (χ2n) is 4.38. The fourth-order valence-corrected chi connectivity index (χ4v) is 1.98. The maximum absolute atomic E-state index is 11.8. The van der Waals surface area contributed by atoms with Crippen molar-refractivity contribution in [2.45, 2.75) is 6.92 Å². The van der Waals surface area contributed by atoms with Crippen LogP contribution in [0.15, 0.2) is 42.5 Å². The first kappa shape index (κ1) is 15.4. The monoisotopic (exact) mass is 322 g/mol. The van der Waals surface area contributed by atoms with E-state index < -0.39 is 11.8 Å². The van der Waals surface area contributed by atoms with Crippen molar-refractivity contribution in [3.05, 3.63) is 58.1 Å². The van der Waals surface area contributed by atoms with Gasteiger partial charge in [-0.2, -0.15) is 0 Å². The number of benzene rings is 2. The predicted octanol–water partition coefficient (Wildman–Crippen LogP) is 3.88. The Morgan fingerprint density at radius 2 is 1.52 bits per heavy atom. The first-order chi connectivity index (χ1) is 9.95. The SMILES string of the molecule is Cc1ccc(NC(=O)C(=O)Nc2cccc(Cl)c2)cc1Cl. The van der Waals surface area contributed by atoms with Crippen molar-refractivity contribution in [1.82, 2.24) is 0 Å². The minimum atomic E-state index is -0.783. The van der Waals surface area contributed by atoms with Gasteiger partial charge in [0.2, 0.25) is 0 Å². The summed E-state index contributed by atoms with van der Waals surface area (Å²) < 4.78 is 0. The maximum atomic E-state index is 11.8. The highest BCUT2D eigenvalue weighted by Gasteiger charge is 2.14. The molecule has 0 saturated carbocycles. The van der Waals surface area contributed by atoms with E-state index in [1.807, 2.05) is 6.92 Å². The van der Waals surface area contributed by atoms with Crippen LogP contribution in [0.2, 0.25) is 10.0 Å². The Bertz CT molecular complexity index is 702. The van der Waals surface area contributed by atoms with Gasteiger partial charge >= 0.3 is 11.8 Å². The van der Waals surface area contributed by atoms with Crippen molar-refractivity contribution in [3.8, 4) is 0 Å². The number of halogens is 2. The average Bonchev–Trinajstić information content (AvgIpc) is 2.43. The molecule has 0 aliphatic carbocycles. The third kappa shape index (κ3) is 4.21. The van der Waals surface area contributed by atoms with Crippen LogP contribution in [0, 0.1) is 6.92 Å². The molecule has 0 aromatic heterocycles.